The molecule has 1 atom stereocenters. The van der Waals surface area contributed by atoms with Gasteiger partial charge in [0.1, 0.15) is 5.65 Å². The second-order valence-electron chi connectivity index (χ2n) is 6.18. The maximum absolute atomic E-state index is 13.5. The molecule has 0 saturated carbocycles. The van der Waals surface area contributed by atoms with Crippen molar-refractivity contribution in [3.63, 3.8) is 0 Å². The Bertz CT molecular complexity index is 1200. The summed E-state index contributed by atoms with van der Waals surface area (Å²) >= 11 is 0. The van der Waals surface area contributed by atoms with Gasteiger partial charge in [-0.05, 0) is 36.8 Å². The zero-order valence-electron chi connectivity index (χ0n) is 13.9. The van der Waals surface area contributed by atoms with Crippen LogP contribution in [0.5, 0.6) is 0 Å². The topological polar surface area (TPSA) is 59.5 Å². The summed E-state index contributed by atoms with van der Waals surface area (Å²) in [6.45, 7) is 1.70. The Hall–Kier alpha value is -3.06. The third-order valence-electron chi connectivity index (χ3n) is 4.38. The Morgan fingerprint density at radius 3 is 2.65 bits per heavy atom. The van der Waals surface area contributed by atoms with Gasteiger partial charge in [-0.15, -0.1) is 0 Å². The number of para-hydroxylation sites is 1. The van der Waals surface area contributed by atoms with E-state index in [0.717, 1.165) is 17.8 Å². The van der Waals surface area contributed by atoms with E-state index in [9.17, 15) is 18.7 Å². The number of benzene rings is 2. The summed E-state index contributed by atoms with van der Waals surface area (Å²) in [4.78, 5) is 12.9. The van der Waals surface area contributed by atoms with E-state index in [-0.39, 0.29) is 17.7 Å². The predicted molar refractivity (Wildman–Crippen MR) is 93.0 cm³/mol. The molecule has 2 aromatic carbocycles. The van der Waals surface area contributed by atoms with Gasteiger partial charge in [0.15, 0.2) is 11.6 Å². The van der Waals surface area contributed by atoms with Crippen molar-refractivity contribution in [3.8, 4) is 0 Å². The lowest BCUT2D eigenvalue weighted by Gasteiger charge is -2.15. The fourth-order valence-corrected chi connectivity index (χ4v) is 3.12. The summed E-state index contributed by atoms with van der Waals surface area (Å²) < 4.78 is 29.6. The van der Waals surface area contributed by atoms with Gasteiger partial charge in [0.25, 0.3) is 5.56 Å². The van der Waals surface area contributed by atoms with E-state index in [1.165, 1.54) is 10.6 Å². The van der Waals surface area contributed by atoms with Gasteiger partial charge in [-0.2, -0.15) is 5.10 Å². The van der Waals surface area contributed by atoms with Gasteiger partial charge in [-0.25, -0.2) is 13.3 Å². The number of aryl methyl sites for hydroxylation is 1. The van der Waals surface area contributed by atoms with Crippen molar-refractivity contribution in [2.75, 3.05) is 0 Å². The van der Waals surface area contributed by atoms with Crippen molar-refractivity contribution < 1.29 is 13.9 Å². The van der Waals surface area contributed by atoms with E-state index in [1.807, 2.05) is 13.0 Å². The highest BCUT2D eigenvalue weighted by Crippen LogP contribution is 2.20. The van der Waals surface area contributed by atoms with Crippen LogP contribution in [0.15, 0.2) is 53.3 Å². The minimum atomic E-state index is -1.18. The number of hydrogen-bond acceptors (Lipinski definition) is 3. The van der Waals surface area contributed by atoms with Gasteiger partial charge in [0, 0.05) is 6.07 Å². The molecular formula is C19H15F2N3O2. The Morgan fingerprint density at radius 1 is 1.12 bits per heavy atom. The molecule has 2 heterocycles. The van der Waals surface area contributed by atoms with Crippen LogP contribution in [0.2, 0.25) is 0 Å². The summed E-state index contributed by atoms with van der Waals surface area (Å²) in [5.74, 6) is -2.03. The molecule has 1 unspecified atom stereocenters. The first-order valence-corrected chi connectivity index (χ1v) is 8.06. The lowest BCUT2D eigenvalue weighted by Crippen LogP contribution is -2.25. The third-order valence-corrected chi connectivity index (χ3v) is 4.38. The molecule has 0 aliphatic carbocycles. The molecule has 7 heteroatoms. The van der Waals surface area contributed by atoms with Gasteiger partial charge in [0.2, 0.25) is 0 Å². The molecule has 0 aliphatic rings. The van der Waals surface area contributed by atoms with Crippen LogP contribution >= 0.6 is 0 Å². The molecule has 0 spiro atoms. The van der Waals surface area contributed by atoms with Gasteiger partial charge in [-0.3, -0.25) is 9.36 Å². The van der Waals surface area contributed by atoms with Crippen molar-refractivity contribution >= 4 is 16.6 Å². The third kappa shape index (κ3) is 2.57. The SMILES string of the molecule is Cc1cc2n(CC(O)c3ccc(F)c(F)c3)c(=O)c3ccccc3n2n1. The first-order chi connectivity index (χ1) is 12.5. The number of aromatic nitrogens is 3. The number of aliphatic hydroxyl groups excluding tert-OH is 1. The number of nitrogens with zero attached hydrogens (tertiary/aromatic N) is 3. The van der Waals surface area contributed by atoms with Crippen molar-refractivity contribution in [2.24, 2.45) is 0 Å². The Morgan fingerprint density at radius 2 is 1.88 bits per heavy atom. The highest BCUT2D eigenvalue weighted by molar-refractivity contribution is 5.80. The number of fused-ring (bicyclic) bond motifs is 3. The Kier molecular flexibility index (Phi) is 3.81. The number of aliphatic hydroxyl groups is 1. The molecule has 0 fully saturated rings. The van der Waals surface area contributed by atoms with Crippen LogP contribution in [0.1, 0.15) is 17.4 Å². The molecule has 5 nitrogen and oxygen atoms in total. The molecule has 4 rings (SSSR count). The first-order valence-electron chi connectivity index (χ1n) is 8.06. The number of halogens is 2. The summed E-state index contributed by atoms with van der Waals surface area (Å²) in [5, 5.41) is 15.3. The summed E-state index contributed by atoms with van der Waals surface area (Å²) in [5.41, 5.74) is 1.82. The summed E-state index contributed by atoms with van der Waals surface area (Å²) in [6, 6.07) is 12.0. The van der Waals surface area contributed by atoms with Gasteiger partial charge < -0.3 is 5.11 Å². The molecule has 1 N–H and O–H groups in total. The second-order valence-corrected chi connectivity index (χ2v) is 6.18. The maximum Gasteiger partial charge on any atom is 0.261 e. The van der Waals surface area contributed by atoms with Crippen LogP contribution in [0.4, 0.5) is 8.78 Å². The molecule has 0 aliphatic heterocycles. The van der Waals surface area contributed by atoms with E-state index >= 15 is 0 Å². The summed E-state index contributed by atoms with van der Waals surface area (Å²) in [6.07, 6.45) is -1.18. The van der Waals surface area contributed by atoms with Crippen LogP contribution in [0.3, 0.4) is 0 Å². The largest absolute Gasteiger partial charge is 0.387 e. The molecule has 2 aromatic heterocycles. The van der Waals surface area contributed by atoms with E-state index in [1.54, 1.807) is 28.8 Å². The molecule has 0 saturated heterocycles. The first kappa shape index (κ1) is 16.4. The fraction of sp³-hybridized carbons (Fsp3) is 0.158. The average Bonchev–Trinajstić information content (AvgIpc) is 3.02. The number of hydrogen-bond donors (Lipinski definition) is 1. The quantitative estimate of drug-likeness (QED) is 0.615. The van der Waals surface area contributed by atoms with Gasteiger partial charge in [-0.1, -0.05) is 18.2 Å². The Labute approximate surface area is 146 Å². The zero-order valence-corrected chi connectivity index (χ0v) is 13.9. The van der Waals surface area contributed by atoms with Gasteiger partial charge >= 0.3 is 0 Å². The van der Waals surface area contributed by atoms with E-state index in [2.05, 4.69) is 5.10 Å². The van der Waals surface area contributed by atoms with E-state index in [4.69, 9.17) is 0 Å². The van der Waals surface area contributed by atoms with Crippen LogP contribution in [0, 0.1) is 18.6 Å². The Balaban J connectivity index is 1.88. The monoisotopic (exact) mass is 355 g/mol. The van der Waals surface area contributed by atoms with Crippen LogP contribution < -0.4 is 5.56 Å². The van der Waals surface area contributed by atoms with Gasteiger partial charge in [0.05, 0.1) is 29.2 Å². The lowest BCUT2D eigenvalue weighted by atomic mass is 10.1. The minimum Gasteiger partial charge on any atom is -0.387 e. The average molecular weight is 355 g/mol. The number of rotatable bonds is 3. The van der Waals surface area contributed by atoms with Crippen molar-refractivity contribution in [1.29, 1.82) is 0 Å². The minimum absolute atomic E-state index is 0.108. The van der Waals surface area contributed by atoms with Crippen molar-refractivity contribution in [1.82, 2.24) is 14.2 Å². The predicted octanol–water partition coefficient (Wildman–Crippen LogP) is 2.97. The molecule has 0 bridgehead atoms. The smallest absolute Gasteiger partial charge is 0.261 e. The van der Waals surface area contributed by atoms with Crippen LogP contribution in [-0.2, 0) is 6.54 Å². The molecule has 132 valence electrons. The molecule has 4 aromatic rings. The van der Waals surface area contributed by atoms with E-state index in [0.29, 0.717) is 16.6 Å². The standard InChI is InChI=1S/C19H15F2N3O2/c1-11-8-18-23(10-17(25)12-6-7-14(20)15(21)9-12)19(26)13-4-2-3-5-16(13)24(18)22-11/h2-9,17,25H,10H2,1H3. The highest BCUT2D eigenvalue weighted by atomic mass is 19.2. The molecule has 26 heavy (non-hydrogen) atoms. The fourth-order valence-electron chi connectivity index (χ4n) is 3.12. The second kappa shape index (κ2) is 6.03. The molecule has 0 radical (unpaired) electrons. The van der Waals surface area contributed by atoms with Crippen molar-refractivity contribution in [3.05, 3.63) is 81.8 Å². The van der Waals surface area contributed by atoms with Crippen molar-refractivity contribution in [2.45, 2.75) is 19.6 Å². The zero-order chi connectivity index (χ0) is 18.4. The summed E-state index contributed by atoms with van der Waals surface area (Å²) in [7, 11) is 0. The maximum atomic E-state index is 13.5. The van der Waals surface area contributed by atoms with Crippen LogP contribution in [-0.4, -0.2) is 19.3 Å². The highest BCUT2D eigenvalue weighted by Gasteiger charge is 2.17. The van der Waals surface area contributed by atoms with E-state index < -0.39 is 17.7 Å². The lowest BCUT2D eigenvalue weighted by molar-refractivity contribution is 0.156. The molecular weight excluding hydrogens is 340 g/mol. The normalized spacial score (nSPS) is 12.8. The molecule has 0 amide bonds. The van der Waals surface area contributed by atoms with Crippen LogP contribution in [0.25, 0.3) is 16.6 Å².